The van der Waals surface area contributed by atoms with Gasteiger partial charge in [-0.2, -0.15) is 0 Å². The smallest absolute Gasteiger partial charge is 0.123 e. The molecular formula is C22H23FN2. The van der Waals surface area contributed by atoms with Gasteiger partial charge in [-0.05, 0) is 68.3 Å². The third kappa shape index (κ3) is 2.89. The number of aromatic nitrogens is 1. The fourth-order valence-electron chi connectivity index (χ4n) is 3.76. The highest BCUT2D eigenvalue weighted by molar-refractivity contribution is 5.90. The molecule has 3 aromatic rings. The largest absolute Gasteiger partial charge is 0.318 e. The number of nitrogens with zero attached hydrogens (tertiary/aromatic N) is 2. The summed E-state index contributed by atoms with van der Waals surface area (Å²) in [6.45, 7) is 6.29. The summed E-state index contributed by atoms with van der Waals surface area (Å²) in [5, 5.41) is 1.37. The minimum Gasteiger partial charge on any atom is -0.318 e. The third-order valence-corrected chi connectivity index (χ3v) is 5.16. The standard InChI is InChI=1S/C22H23FN2/c1-15-4-9-21-20(12-15)19-10-11-24(3)14-22(19)25(21)13-16(2)17-5-7-18(23)8-6-17/h4-9,12-13H,10-11,14H2,1-3H3. The molecule has 0 saturated carbocycles. The quantitative estimate of drug-likeness (QED) is 0.633. The number of halogens is 1. The number of likely N-dealkylation sites (N-methyl/N-ethyl adjacent to an activating group) is 1. The van der Waals surface area contributed by atoms with Crippen LogP contribution in [0.2, 0.25) is 0 Å². The highest BCUT2D eigenvalue weighted by Crippen LogP contribution is 2.32. The second kappa shape index (κ2) is 6.16. The molecule has 0 aliphatic carbocycles. The fourth-order valence-corrected chi connectivity index (χ4v) is 3.76. The number of fused-ring (bicyclic) bond motifs is 3. The summed E-state index contributed by atoms with van der Waals surface area (Å²) in [5.41, 5.74) is 7.58. The van der Waals surface area contributed by atoms with Gasteiger partial charge in [0.15, 0.2) is 0 Å². The Bertz CT molecular complexity index is 964. The van der Waals surface area contributed by atoms with Crippen LogP contribution in [0.5, 0.6) is 0 Å². The molecule has 0 fully saturated rings. The lowest BCUT2D eigenvalue weighted by atomic mass is 10.0. The first-order valence-corrected chi connectivity index (χ1v) is 8.78. The van der Waals surface area contributed by atoms with Crippen LogP contribution in [0.25, 0.3) is 22.7 Å². The van der Waals surface area contributed by atoms with Gasteiger partial charge in [0.1, 0.15) is 5.82 Å². The van der Waals surface area contributed by atoms with Crippen molar-refractivity contribution in [2.45, 2.75) is 26.8 Å². The molecule has 2 nitrogen and oxygen atoms in total. The number of hydrogen-bond acceptors (Lipinski definition) is 1. The zero-order valence-electron chi connectivity index (χ0n) is 15.0. The van der Waals surface area contributed by atoms with Crippen molar-refractivity contribution in [1.29, 1.82) is 0 Å². The van der Waals surface area contributed by atoms with Crippen molar-refractivity contribution in [3.8, 4) is 0 Å². The first-order chi connectivity index (χ1) is 12.0. The molecule has 0 amide bonds. The number of allylic oxidation sites excluding steroid dienone is 1. The molecule has 1 aromatic heterocycles. The van der Waals surface area contributed by atoms with Crippen molar-refractivity contribution < 1.29 is 4.39 Å². The Balaban J connectivity index is 1.90. The number of benzene rings is 2. The predicted molar refractivity (Wildman–Crippen MR) is 103 cm³/mol. The summed E-state index contributed by atoms with van der Waals surface area (Å²) >= 11 is 0. The normalized spacial score (nSPS) is 15.6. The first kappa shape index (κ1) is 16.1. The van der Waals surface area contributed by atoms with Crippen LogP contribution in [0.4, 0.5) is 4.39 Å². The van der Waals surface area contributed by atoms with E-state index in [0.717, 1.165) is 30.6 Å². The number of hydrogen-bond donors (Lipinski definition) is 0. The fraction of sp³-hybridized carbons (Fsp3) is 0.273. The molecule has 1 aliphatic rings. The maximum Gasteiger partial charge on any atom is 0.123 e. The molecular weight excluding hydrogens is 311 g/mol. The van der Waals surface area contributed by atoms with Crippen molar-refractivity contribution in [3.63, 3.8) is 0 Å². The molecule has 0 bridgehead atoms. The summed E-state index contributed by atoms with van der Waals surface area (Å²) in [6.07, 6.45) is 3.28. The van der Waals surface area contributed by atoms with Gasteiger partial charge in [-0.15, -0.1) is 0 Å². The van der Waals surface area contributed by atoms with Crippen molar-refractivity contribution in [3.05, 3.63) is 70.7 Å². The van der Waals surface area contributed by atoms with E-state index in [4.69, 9.17) is 0 Å². The Morgan fingerprint density at radius 1 is 1.12 bits per heavy atom. The van der Waals surface area contributed by atoms with Crippen LogP contribution >= 0.6 is 0 Å². The minimum absolute atomic E-state index is 0.197. The van der Waals surface area contributed by atoms with Gasteiger partial charge in [0, 0.05) is 30.4 Å². The molecule has 128 valence electrons. The first-order valence-electron chi connectivity index (χ1n) is 8.78. The Labute approximate surface area is 148 Å². The molecule has 2 heterocycles. The molecule has 0 radical (unpaired) electrons. The van der Waals surface area contributed by atoms with Crippen molar-refractivity contribution >= 4 is 22.7 Å². The molecule has 0 N–H and O–H groups in total. The molecule has 0 unspecified atom stereocenters. The van der Waals surface area contributed by atoms with Gasteiger partial charge in [-0.25, -0.2) is 4.39 Å². The topological polar surface area (TPSA) is 8.17 Å². The van der Waals surface area contributed by atoms with E-state index < -0.39 is 0 Å². The van der Waals surface area contributed by atoms with Gasteiger partial charge < -0.3 is 9.47 Å². The van der Waals surface area contributed by atoms with E-state index in [1.807, 2.05) is 12.1 Å². The molecule has 3 heteroatoms. The van der Waals surface area contributed by atoms with Crippen LogP contribution in [0.15, 0.2) is 42.5 Å². The Hall–Kier alpha value is -2.39. The summed E-state index contributed by atoms with van der Waals surface area (Å²) < 4.78 is 15.5. The van der Waals surface area contributed by atoms with E-state index in [1.165, 1.54) is 39.9 Å². The number of rotatable bonds is 2. The molecule has 25 heavy (non-hydrogen) atoms. The van der Waals surface area contributed by atoms with Crippen molar-refractivity contribution in [2.75, 3.05) is 13.6 Å². The zero-order valence-corrected chi connectivity index (χ0v) is 15.0. The lowest BCUT2D eigenvalue weighted by Crippen LogP contribution is -2.27. The van der Waals surface area contributed by atoms with Crippen LogP contribution in [0.3, 0.4) is 0 Å². The average molecular weight is 334 g/mol. The van der Waals surface area contributed by atoms with Crippen LogP contribution < -0.4 is 0 Å². The molecule has 0 saturated heterocycles. The Kier molecular flexibility index (Phi) is 3.97. The lowest BCUT2D eigenvalue weighted by Gasteiger charge is -2.24. The number of aryl methyl sites for hydroxylation is 1. The molecule has 0 spiro atoms. The zero-order chi connectivity index (χ0) is 17.6. The highest BCUT2D eigenvalue weighted by atomic mass is 19.1. The molecule has 2 aromatic carbocycles. The summed E-state index contributed by atoms with van der Waals surface area (Å²) in [5.74, 6) is -0.197. The summed E-state index contributed by atoms with van der Waals surface area (Å²) in [4.78, 5) is 2.37. The van der Waals surface area contributed by atoms with E-state index in [2.05, 4.69) is 54.8 Å². The van der Waals surface area contributed by atoms with Crippen molar-refractivity contribution in [2.24, 2.45) is 0 Å². The van der Waals surface area contributed by atoms with Gasteiger partial charge in [0.05, 0.1) is 5.52 Å². The van der Waals surface area contributed by atoms with E-state index in [9.17, 15) is 4.39 Å². The second-order valence-electron chi connectivity index (χ2n) is 7.12. The van der Waals surface area contributed by atoms with Crippen LogP contribution in [-0.4, -0.2) is 23.1 Å². The van der Waals surface area contributed by atoms with Gasteiger partial charge in [0.25, 0.3) is 0 Å². The maximum atomic E-state index is 13.2. The van der Waals surface area contributed by atoms with Crippen LogP contribution in [-0.2, 0) is 13.0 Å². The SMILES string of the molecule is CC(=Cn1c2c(c3cc(C)ccc31)CCN(C)C2)c1ccc(F)cc1. The lowest BCUT2D eigenvalue weighted by molar-refractivity contribution is 0.308. The van der Waals surface area contributed by atoms with Crippen LogP contribution in [0, 0.1) is 12.7 Å². The van der Waals surface area contributed by atoms with E-state index in [-0.39, 0.29) is 5.82 Å². The Morgan fingerprint density at radius 2 is 1.88 bits per heavy atom. The van der Waals surface area contributed by atoms with E-state index >= 15 is 0 Å². The van der Waals surface area contributed by atoms with Gasteiger partial charge in [-0.3, -0.25) is 0 Å². The van der Waals surface area contributed by atoms with Gasteiger partial charge in [-0.1, -0.05) is 23.8 Å². The molecule has 0 atom stereocenters. The molecule has 4 rings (SSSR count). The van der Waals surface area contributed by atoms with Gasteiger partial charge >= 0.3 is 0 Å². The summed E-state index contributed by atoms with van der Waals surface area (Å²) in [6, 6.07) is 13.4. The predicted octanol–water partition coefficient (Wildman–Crippen LogP) is 5.09. The Morgan fingerprint density at radius 3 is 2.64 bits per heavy atom. The van der Waals surface area contributed by atoms with E-state index in [0.29, 0.717) is 0 Å². The monoisotopic (exact) mass is 334 g/mol. The third-order valence-electron chi connectivity index (χ3n) is 5.16. The van der Waals surface area contributed by atoms with E-state index in [1.54, 1.807) is 0 Å². The van der Waals surface area contributed by atoms with Crippen molar-refractivity contribution in [1.82, 2.24) is 9.47 Å². The van der Waals surface area contributed by atoms with Gasteiger partial charge in [0.2, 0.25) is 0 Å². The maximum absolute atomic E-state index is 13.2. The average Bonchev–Trinajstić information content (AvgIpc) is 2.88. The van der Waals surface area contributed by atoms with Crippen LogP contribution in [0.1, 0.15) is 29.3 Å². The second-order valence-corrected chi connectivity index (χ2v) is 7.12. The summed E-state index contributed by atoms with van der Waals surface area (Å²) in [7, 11) is 2.17. The highest BCUT2D eigenvalue weighted by Gasteiger charge is 2.21. The minimum atomic E-state index is -0.197. The molecule has 1 aliphatic heterocycles.